The molecular weight excluding hydrogens is 234 g/mol. The first kappa shape index (κ1) is 12.9. The van der Waals surface area contributed by atoms with E-state index in [1.165, 1.54) is 10.5 Å². The molecule has 1 aromatic rings. The molecular formula is C13H19NO2S. The van der Waals surface area contributed by atoms with Crippen molar-refractivity contribution >= 4 is 11.8 Å². The fourth-order valence-electron chi connectivity index (χ4n) is 2.09. The van der Waals surface area contributed by atoms with Crippen LogP contribution >= 0.6 is 11.8 Å². The van der Waals surface area contributed by atoms with Gasteiger partial charge in [0.2, 0.25) is 0 Å². The Morgan fingerprint density at radius 1 is 1.35 bits per heavy atom. The van der Waals surface area contributed by atoms with Crippen molar-refractivity contribution in [3.63, 3.8) is 0 Å². The molecule has 4 heteroatoms. The van der Waals surface area contributed by atoms with Gasteiger partial charge in [0.05, 0.1) is 25.4 Å². The highest BCUT2D eigenvalue weighted by atomic mass is 32.2. The molecule has 0 radical (unpaired) electrons. The van der Waals surface area contributed by atoms with Gasteiger partial charge in [-0.25, -0.2) is 0 Å². The second-order valence-corrected chi connectivity index (χ2v) is 5.31. The molecule has 0 saturated carbocycles. The lowest BCUT2D eigenvalue weighted by Crippen LogP contribution is -2.39. The average Bonchev–Trinajstić information content (AvgIpc) is 2.76. The van der Waals surface area contributed by atoms with Crippen LogP contribution in [0.25, 0.3) is 0 Å². The van der Waals surface area contributed by atoms with Crippen molar-refractivity contribution in [2.75, 3.05) is 26.5 Å². The second kappa shape index (κ2) is 5.87. The Balaban J connectivity index is 1.95. The number of aliphatic hydroxyl groups excluding tert-OH is 1. The lowest BCUT2D eigenvalue weighted by Gasteiger charge is -2.25. The summed E-state index contributed by atoms with van der Waals surface area (Å²) < 4.78 is 5.27. The molecule has 17 heavy (non-hydrogen) atoms. The molecule has 1 aromatic carbocycles. The largest absolute Gasteiger partial charge is 0.389 e. The highest BCUT2D eigenvalue weighted by molar-refractivity contribution is 7.98. The summed E-state index contributed by atoms with van der Waals surface area (Å²) in [5, 5.41) is 9.75. The van der Waals surface area contributed by atoms with E-state index in [-0.39, 0.29) is 12.1 Å². The monoisotopic (exact) mass is 253 g/mol. The van der Waals surface area contributed by atoms with Crippen molar-refractivity contribution < 1.29 is 9.84 Å². The number of hydrogen-bond donors (Lipinski definition) is 1. The Bertz CT molecular complexity index is 355. The van der Waals surface area contributed by atoms with Gasteiger partial charge in [-0.2, -0.15) is 0 Å². The summed E-state index contributed by atoms with van der Waals surface area (Å²) in [5.41, 5.74) is 1.27. The van der Waals surface area contributed by atoms with E-state index in [1.54, 1.807) is 11.8 Å². The lowest BCUT2D eigenvalue weighted by molar-refractivity contribution is 0.0925. The third-order valence-electron chi connectivity index (χ3n) is 3.18. The minimum Gasteiger partial charge on any atom is -0.389 e. The molecule has 0 amide bonds. The molecule has 3 nitrogen and oxygen atoms in total. The number of rotatable bonds is 4. The van der Waals surface area contributed by atoms with Crippen LogP contribution in [-0.4, -0.2) is 48.7 Å². The van der Waals surface area contributed by atoms with Crippen molar-refractivity contribution in [1.82, 2.24) is 4.90 Å². The summed E-state index contributed by atoms with van der Waals surface area (Å²) >= 11 is 1.75. The van der Waals surface area contributed by atoms with E-state index in [1.807, 2.05) is 7.05 Å². The molecule has 0 unspecified atom stereocenters. The Labute approximate surface area is 107 Å². The molecule has 94 valence electrons. The summed E-state index contributed by atoms with van der Waals surface area (Å²) in [6.45, 7) is 1.93. The Morgan fingerprint density at radius 3 is 2.59 bits per heavy atom. The molecule has 1 heterocycles. The van der Waals surface area contributed by atoms with Gasteiger partial charge in [-0.05, 0) is 31.0 Å². The molecule has 1 saturated heterocycles. The van der Waals surface area contributed by atoms with Gasteiger partial charge in [0, 0.05) is 11.4 Å². The van der Waals surface area contributed by atoms with Gasteiger partial charge in [0.25, 0.3) is 0 Å². The number of thioether (sulfide) groups is 1. The number of ether oxygens (including phenoxy) is 1. The topological polar surface area (TPSA) is 32.7 Å². The minimum atomic E-state index is -0.356. The first-order valence-electron chi connectivity index (χ1n) is 5.79. The van der Waals surface area contributed by atoms with Gasteiger partial charge in [-0.3, -0.25) is 4.90 Å². The highest BCUT2D eigenvalue weighted by Crippen LogP contribution is 2.18. The average molecular weight is 253 g/mol. The van der Waals surface area contributed by atoms with E-state index in [0.717, 1.165) is 6.54 Å². The van der Waals surface area contributed by atoms with Crippen molar-refractivity contribution in [3.05, 3.63) is 29.8 Å². The molecule has 1 aliphatic heterocycles. The van der Waals surface area contributed by atoms with Crippen molar-refractivity contribution in [3.8, 4) is 0 Å². The first-order chi connectivity index (χ1) is 8.20. The fraction of sp³-hybridized carbons (Fsp3) is 0.538. The minimum absolute atomic E-state index is 0.121. The zero-order chi connectivity index (χ0) is 12.3. The van der Waals surface area contributed by atoms with Crippen LogP contribution in [0.15, 0.2) is 29.2 Å². The third-order valence-corrected chi connectivity index (χ3v) is 3.92. The summed E-state index contributed by atoms with van der Waals surface area (Å²) in [5.74, 6) is 0. The fourth-order valence-corrected chi connectivity index (χ4v) is 2.50. The standard InChI is InChI=1S/C13H19NO2S/c1-14(12-8-16-9-13(12)15)7-10-3-5-11(17-2)6-4-10/h3-6,12-13,15H,7-9H2,1-2H3/t12-,13-/m0/s1. The van der Waals surface area contributed by atoms with Crippen molar-refractivity contribution in [2.24, 2.45) is 0 Å². The van der Waals surface area contributed by atoms with Crippen LogP contribution in [0.4, 0.5) is 0 Å². The highest BCUT2D eigenvalue weighted by Gasteiger charge is 2.29. The maximum absolute atomic E-state index is 9.75. The molecule has 1 aliphatic rings. The Morgan fingerprint density at radius 2 is 2.06 bits per heavy atom. The SMILES string of the molecule is CSc1ccc(CN(C)[C@H]2COC[C@@H]2O)cc1. The number of benzene rings is 1. The number of likely N-dealkylation sites (N-methyl/N-ethyl adjacent to an activating group) is 1. The number of hydrogen-bond acceptors (Lipinski definition) is 4. The maximum atomic E-state index is 9.75. The van der Waals surface area contributed by atoms with Gasteiger partial charge < -0.3 is 9.84 Å². The predicted molar refractivity (Wildman–Crippen MR) is 70.3 cm³/mol. The van der Waals surface area contributed by atoms with Gasteiger partial charge in [0.1, 0.15) is 0 Å². The molecule has 2 rings (SSSR count). The van der Waals surface area contributed by atoms with Gasteiger partial charge in [-0.15, -0.1) is 11.8 Å². The molecule has 0 spiro atoms. The van der Waals surface area contributed by atoms with Crippen molar-refractivity contribution in [1.29, 1.82) is 0 Å². The van der Waals surface area contributed by atoms with Crippen LogP contribution in [0.5, 0.6) is 0 Å². The van der Waals surface area contributed by atoms with Crippen LogP contribution in [0.3, 0.4) is 0 Å². The summed E-state index contributed by atoms with van der Waals surface area (Å²) in [7, 11) is 2.03. The van der Waals surface area contributed by atoms with E-state index in [0.29, 0.717) is 13.2 Å². The van der Waals surface area contributed by atoms with Crippen LogP contribution in [0.1, 0.15) is 5.56 Å². The third kappa shape index (κ3) is 3.22. The van der Waals surface area contributed by atoms with E-state index >= 15 is 0 Å². The smallest absolute Gasteiger partial charge is 0.0950 e. The molecule has 0 aromatic heterocycles. The molecule has 0 aliphatic carbocycles. The Kier molecular flexibility index (Phi) is 4.45. The van der Waals surface area contributed by atoms with Crippen LogP contribution < -0.4 is 0 Å². The molecule has 2 atom stereocenters. The molecule has 0 bridgehead atoms. The lowest BCUT2D eigenvalue weighted by atomic mass is 10.1. The quantitative estimate of drug-likeness (QED) is 0.826. The summed E-state index contributed by atoms with van der Waals surface area (Å²) in [6, 6.07) is 8.68. The number of aliphatic hydroxyl groups is 1. The molecule has 1 fully saturated rings. The molecule has 1 N–H and O–H groups in total. The normalized spacial score (nSPS) is 24.5. The summed E-state index contributed by atoms with van der Waals surface area (Å²) in [4.78, 5) is 3.44. The zero-order valence-corrected chi connectivity index (χ0v) is 11.1. The van der Waals surface area contributed by atoms with Crippen LogP contribution in [0, 0.1) is 0 Å². The Hall–Kier alpha value is -0.550. The van der Waals surface area contributed by atoms with Crippen LogP contribution in [0.2, 0.25) is 0 Å². The van der Waals surface area contributed by atoms with E-state index in [9.17, 15) is 5.11 Å². The maximum Gasteiger partial charge on any atom is 0.0950 e. The van der Waals surface area contributed by atoms with E-state index in [4.69, 9.17) is 4.74 Å². The van der Waals surface area contributed by atoms with Gasteiger partial charge >= 0.3 is 0 Å². The predicted octanol–water partition coefficient (Wildman–Crippen LogP) is 1.60. The number of nitrogens with zero attached hydrogens (tertiary/aromatic N) is 1. The first-order valence-corrected chi connectivity index (χ1v) is 7.02. The second-order valence-electron chi connectivity index (χ2n) is 4.44. The summed E-state index contributed by atoms with van der Waals surface area (Å²) in [6.07, 6.45) is 1.72. The zero-order valence-electron chi connectivity index (χ0n) is 10.3. The van der Waals surface area contributed by atoms with E-state index in [2.05, 4.69) is 35.4 Å². The van der Waals surface area contributed by atoms with Gasteiger partial charge in [-0.1, -0.05) is 12.1 Å². The van der Waals surface area contributed by atoms with Crippen LogP contribution in [-0.2, 0) is 11.3 Å². The van der Waals surface area contributed by atoms with E-state index < -0.39 is 0 Å². The van der Waals surface area contributed by atoms with Crippen molar-refractivity contribution in [2.45, 2.75) is 23.6 Å². The van der Waals surface area contributed by atoms with Gasteiger partial charge in [0.15, 0.2) is 0 Å².